The van der Waals surface area contributed by atoms with Gasteiger partial charge in [-0.1, -0.05) is 18.2 Å². The highest BCUT2D eigenvalue weighted by molar-refractivity contribution is 5.93. The first-order valence-corrected chi connectivity index (χ1v) is 4.80. The number of carbonyl (C=O) groups excluding carboxylic acids is 1. The van der Waals surface area contributed by atoms with Crippen LogP contribution in [0.25, 0.3) is 5.69 Å². The number of aliphatic hydroxyl groups excluding tert-OH is 1. The monoisotopic (exact) mass is 217 g/mol. The van der Waals surface area contributed by atoms with Gasteiger partial charge in [-0.05, 0) is 12.1 Å². The first kappa shape index (κ1) is 10.4. The van der Waals surface area contributed by atoms with Crippen LogP contribution in [-0.2, 0) is 0 Å². The molecule has 5 heteroatoms. The summed E-state index contributed by atoms with van der Waals surface area (Å²) in [6, 6.07) is 9.47. The van der Waals surface area contributed by atoms with Gasteiger partial charge in [-0.3, -0.25) is 4.79 Å². The highest BCUT2D eigenvalue weighted by atomic mass is 16.3. The molecular formula is C11H11N3O2. The molecule has 0 atom stereocenters. The maximum absolute atomic E-state index is 11.4. The van der Waals surface area contributed by atoms with Crippen molar-refractivity contribution in [3.05, 3.63) is 48.3 Å². The van der Waals surface area contributed by atoms with Crippen LogP contribution in [0.1, 0.15) is 10.4 Å². The fraction of sp³-hybridized carbons (Fsp3) is 0.0909. The second kappa shape index (κ2) is 4.59. The summed E-state index contributed by atoms with van der Waals surface area (Å²) in [6.45, 7) is -0.380. The Bertz CT molecular complexity index is 479. The van der Waals surface area contributed by atoms with E-state index in [-0.39, 0.29) is 12.6 Å². The van der Waals surface area contributed by atoms with Crippen molar-refractivity contribution in [1.29, 1.82) is 0 Å². The highest BCUT2D eigenvalue weighted by Gasteiger charge is 2.07. The predicted molar refractivity (Wildman–Crippen MR) is 58.1 cm³/mol. The number of nitrogens with one attached hydrogen (secondary N) is 1. The molecule has 0 fully saturated rings. The molecule has 0 aliphatic rings. The van der Waals surface area contributed by atoms with Crippen molar-refractivity contribution in [2.45, 2.75) is 0 Å². The fourth-order valence-corrected chi connectivity index (χ4v) is 1.34. The summed E-state index contributed by atoms with van der Waals surface area (Å²) in [7, 11) is 0. The molecule has 1 aromatic carbocycles. The van der Waals surface area contributed by atoms with E-state index >= 15 is 0 Å². The number of nitrogens with zero attached hydrogens (tertiary/aromatic N) is 2. The van der Waals surface area contributed by atoms with E-state index in [4.69, 9.17) is 5.11 Å². The van der Waals surface area contributed by atoms with E-state index in [1.807, 2.05) is 30.3 Å². The van der Waals surface area contributed by atoms with Crippen LogP contribution in [0.3, 0.4) is 0 Å². The summed E-state index contributed by atoms with van der Waals surface area (Å²) >= 11 is 0. The summed E-state index contributed by atoms with van der Waals surface area (Å²) in [4.78, 5) is 11.4. The van der Waals surface area contributed by atoms with Gasteiger partial charge in [0.25, 0.3) is 5.91 Å². The van der Waals surface area contributed by atoms with Gasteiger partial charge in [0.1, 0.15) is 6.73 Å². The topological polar surface area (TPSA) is 67.2 Å². The molecule has 0 bridgehead atoms. The Kier molecular flexibility index (Phi) is 2.98. The van der Waals surface area contributed by atoms with E-state index in [1.54, 1.807) is 10.9 Å². The molecule has 0 aliphatic heterocycles. The van der Waals surface area contributed by atoms with Crippen LogP contribution >= 0.6 is 0 Å². The summed E-state index contributed by atoms with van der Waals surface area (Å²) in [6.07, 6.45) is 3.07. The maximum Gasteiger partial charge on any atom is 0.256 e. The third-order valence-corrected chi connectivity index (χ3v) is 2.11. The molecule has 2 N–H and O–H groups in total. The molecule has 2 aromatic rings. The van der Waals surface area contributed by atoms with Gasteiger partial charge in [0, 0.05) is 6.20 Å². The van der Waals surface area contributed by atoms with Crippen molar-refractivity contribution in [1.82, 2.24) is 15.1 Å². The summed E-state index contributed by atoms with van der Waals surface area (Å²) in [5.74, 6) is -0.343. The van der Waals surface area contributed by atoms with Gasteiger partial charge in [-0.15, -0.1) is 0 Å². The van der Waals surface area contributed by atoms with Crippen LogP contribution in [0, 0.1) is 0 Å². The first-order valence-electron chi connectivity index (χ1n) is 4.80. The van der Waals surface area contributed by atoms with Crippen LogP contribution in [0.15, 0.2) is 42.7 Å². The number of hydrogen-bond donors (Lipinski definition) is 2. The Morgan fingerprint density at radius 2 is 2.12 bits per heavy atom. The minimum absolute atomic E-state index is 0.343. The third-order valence-electron chi connectivity index (χ3n) is 2.11. The second-order valence-electron chi connectivity index (χ2n) is 3.17. The molecule has 5 nitrogen and oxygen atoms in total. The number of carbonyl (C=O) groups is 1. The molecule has 1 amide bonds. The lowest BCUT2D eigenvalue weighted by Crippen LogP contribution is -2.23. The van der Waals surface area contributed by atoms with Gasteiger partial charge in [-0.2, -0.15) is 5.10 Å². The van der Waals surface area contributed by atoms with Crippen molar-refractivity contribution in [2.24, 2.45) is 0 Å². The van der Waals surface area contributed by atoms with Crippen molar-refractivity contribution in [3.63, 3.8) is 0 Å². The number of amides is 1. The number of hydrogen-bond acceptors (Lipinski definition) is 3. The maximum atomic E-state index is 11.4. The Morgan fingerprint density at radius 1 is 1.38 bits per heavy atom. The smallest absolute Gasteiger partial charge is 0.256 e. The fourth-order valence-electron chi connectivity index (χ4n) is 1.34. The van der Waals surface area contributed by atoms with Crippen molar-refractivity contribution in [2.75, 3.05) is 6.73 Å². The van der Waals surface area contributed by atoms with Crippen LogP contribution in [-0.4, -0.2) is 27.5 Å². The molecule has 0 unspecified atom stereocenters. The Balaban J connectivity index is 2.23. The minimum atomic E-state index is -0.380. The Morgan fingerprint density at radius 3 is 2.81 bits per heavy atom. The highest BCUT2D eigenvalue weighted by Crippen LogP contribution is 2.07. The average Bonchev–Trinajstić information content (AvgIpc) is 2.80. The van der Waals surface area contributed by atoms with Crippen molar-refractivity contribution >= 4 is 5.91 Å². The number of rotatable bonds is 3. The van der Waals surface area contributed by atoms with E-state index in [9.17, 15) is 4.79 Å². The van der Waals surface area contributed by atoms with E-state index < -0.39 is 0 Å². The standard InChI is InChI=1S/C11H11N3O2/c15-8-12-11(16)9-6-13-14(7-9)10-4-2-1-3-5-10/h1-7,15H,8H2,(H,12,16). The van der Waals surface area contributed by atoms with Crippen LogP contribution in [0.2, 0.25) is 0 Å². The summed E-state index contributed by atoms with van der Waals surface area (Å²) in [5, 5.41) is 14.9. The molecule has 1 heterocycles. The molecule has 0 saturated carbocycles. The van der Waals surface area contributed by atoms with Gasteiger partial charge in [0.2, 0.25) is 0 Å². The largest absolute Gasteiger partial charge is 0.376 e. The SMILES string of the molecule is O=C(NCO)c1cnn(-c2ccccc2)c1. The van der Waals surface area contributed by atoms with Gasteiger partial charge in [-0.25, -0.2) is 4.68 Å². The van der Waals surface area contributed by atoms with Gasteiger partial charge >= 0.3 is 0 Å². The summed E-state index contributed by atoms with van der Waals surface area (Å²) in [5.41, 5.74) is 1.29. The minimum Gasteiger partial charge on any atom is -0.376 e. The molecule has 82 valence electrons. The number of benzene rings is 1. The molecule has 1 aromatic heterocycles. The molecular weight excluding hydrogens is 206 g/mol. The van der Waals surface area contributed by atoms with E-state index in [1.165, 1.54) is 6.20 Å². The zero-order valence-corrected chi connectivity index (χ0v) is 8.50. The predicted octanol–water partition coefficient (Wildman–Crippen LogP) is 0.552. The molecule has 0 saturated heterocycles. The van der Waals surface area contributed by atoms with E-state index in [0.717, 1.165) is 5.69 Å². The average molecular weight is 217 g/mol. The first-order chi connectivity index (χ1) is 7.81. The van der Waals surface area contributed by atoms with E-state index in [2.05, 4.69) is 10.4 Å². The number of aliphatic hydroxyl groups is 1. The Labute approximate surface area is 92.3 Å². The quantitative estimate of drug-likeness (QED) is 0.738. The van der Waals surface area contributed by atoms with Gasteiger partial charge in [0.05, 0.1) is 17.4 Å². The normalized spacial score (nSPS) is 10.1. The Hall–Kier alpha value is -2.14. The van der Waals surface area contributed by atoms with Crippen molar-refractivity contribution < 1.29 is 9.90 Å². The van der Waals surface area contributed by atoms with Crippen LogP contribution < -0.4 is 5.32 Å². The van der Waals surface area contributed by atoms with E-state index in [0.29, 0.717) is 5.56 Å². The van der Waals surface area contributed by atoms with Crippen molar-refractivity contribution in [3.8, 4) is 5.69 Å². The second-order valence-corrected chi connectivity index (χ2v) is 3.17. The van der Waals surface area contributed by atoms with Gasteiger partial charge < -0.3 is 10.4 Å². The molecule has 0 radical (unpaired) electrons. The lowest BCUT2D eigenvalue weighted by Gasteiger charge is -1.99. The lowest BCUT2D eigenvalue weighted by atomic mass is 10.3. The zero-order chi connectivity index (χ0) is 11.4. The zero-order valence-electron chi connectivity index (χ0n) is 8.50. The van der Waals surface area contributed by atoms with Gasteiger partial charge in [0.15, 0.2) is 0 Å². The molecule has 0 spiro atoms. The number of para-hydroxylation sites is 1. The third kappa shape index (κ3) is 2.09. The van der Waals surface area contributed by atoms with Crippen LogP contribution in [0.4, 0.5) is 0 Å². The lowest BCUT2D eigenvalue weighted by molar-refractivity contribution is 0.0910. The van der Waals surface area contributed by atoms with Crippen LogP contribution in [0.5, 0.6) is 0 Å². The molecule has 0 aliphatic carbocycles. The number of aromatic nitrogens is 2. The summed E-state index contributed by atoms with van der Waals surface area (Å²) < 4.78 is 1.60. The molecule has 2 rings (SSSR count). The molecule has 16 heavy (non-hydrogen) atoms.